The number of nitrogens with one attached hydrogen (secondary N) is 1. The van der Waals surface area contributed by atoms with Crippen molar-refractivity contribution in [3.63, 3.8) is 0 Å². The van der Waals surface area contributed by atoms with Gasteiger partial charge in [0.15, 0.2) is 5.65 Å². The van der Waals surface area contributed by atoms with Crippen LogP contribution in [0.2, 0.25) is 0 Å². The summed E-state index contributed by atoms with van der Waals surface area (Å²) in [6, 6.07) is 15.0. The number of nitrogen functional groups attached to an aromatic ring is 1. The molecule has 5 aromatic rings. The van der Waals surface area contributed by atoms with E-state index in [0.717, 1.165) is 28.4 Å². The molecule has 178 valence electrons. The Morgan fingerprint density at radius 3 is 2.49 bits per heavy atom. The number of fused-ring (bicyclic) bond motifs is 3. The van der Waals surface area contributed by atoms with E-state index in [1.807, 2.05) is 13.1 Å². The molecule has 0 saturated carbocycles. The molecule has 0 aliphatic carbocycles. The lowest BCUT2D eigenvalue weighted by atomic mass is 10.1. The zero-order valence-corrected chi connectivity index (χ0v) is 18.8. The Kier molecular flexibility index (Phi) is 5.23. The highest BCUT2D eigenvalue weighted by atomic mass is 19.4. The smallest absolute Gasteiger partial charge is 0.384 e. The molecule has 0 aliphatic heterocycles. The first-order valence-electron chi connectivity index (χ1n) is 10.8. The van der Waals surface area contributed by atoms with E-state index in [-0.39, 0.29) is 11.9 Å². The number of hydrogen-bond acceptors (Lipinski definition) is 4. The van der Waals surface area contributed by atoms with E-state index in [9.17, 15) is 18.0 Å². The average Bonchev–Trinajstić information content (AvgIpc) is 3.32. The maximum Gasteiger partial charge on any atom is 0.416 e. The van der Waals surface area contributed by atoms with Crippen LogP contribution in [0, 0.1) is 0 Å². The summed E-state index contributed by atoms with van der Waals surface area (Å²) in [6.45, 7) is 1.82. The van der Waals surface area contributed by atoms with Gasteiger partial charge >= 0.3 is 6.18 Å². The second kappa shape index (κ2) is 8.15. The standard InChI is InChI=1S/C25H21F3N6O/c1-14(20-4-3-5-22(29)31-20)30-24(35)15-6-11-21-18(12-15)19-13-33(2)32-23(19)34(21)17-9-7-16(8-10-17)25(26,27)28/h3-14H,1-2H3,(H2,29,31)(H,30,35)/t14-/m0/s1. The molecule has 0 radical (unpaired) electrons. The second-order valence-corrected chi connectivity index (χ2v) is 8.33. The summed E-state index contributed by atoms with van der Waals surface area (Å²) >= 11 is 0. The first kappa shape index (κ1) is 22.5. The molecule has 0 aliphatic rings. The molecule has 0 spiro atoms. The van der Waals surface area contributed by atoms with Gasteiger partial charge in [-0.2, -0.15) is 18.3 Å². The summed E-state index contributed by atoms with van der Waals surface area (Å²) in [7, 11) is 1.76. The van der Waals surface area contributed by atoms with E-state index in [2.05, 4.69) is 15.4 Å². The molecular formula is C25H21F3N6O. The van der Waals surface area contributed by atoms with Crippen molar-refractivity contribution in [3.05, 3.63) is 83.7 Å². The molecule has 1 amide bonds. The maximum absolute atomic E-state index is 13.0. The van der Waals surface area contributed by atoms with Crippen LogP contribution in [0.3, 0.4) is 0 Å². The van der Waals surface area contributed by atoms with E-state index in [1.165, 1.54) is 12.1 Å². The first-order chi connectivity index (χ1) is 16.6. The first-order valence-corrected chi connectivity index (χ1v) is 10.8. The zero-order valence-electron chi connectivity index (χ0n) is 18.8. The van der Waals surface area contributed by atoms with Crippen molar-refractivity contribution in [1.82, 2.24) is 24.6 Å². The number of pyridine rings is 1. The summed E-state index contributed by atoms with van der Waals surface area (Å²) in [5.41, 5.74) is 7.94. The lowest BCUT2D eigenvalue weighted by Crippen LogP contribution is -2.27. The minimum atomic E-state index is -4.42. The molecule has 35 heavy (non-hydrogen) atoms. The van der Waals surface area contributed by atoms with Crippen molar-refractivity contribution in [2.24, 2.45) is 7.05 Å². The molecule has 2 aromatic carbocycles. The third-order valence-corrected chi connectivity index (χ3v) is 5.85. The Hall–Kier alpha value is -4.34. The summed E-state index contributed by atoms with van der Waals surface area (Å²) in [5, 5.41) is 8.97. The lowest BCUT2D eigenvalue weighted by molar-refractivity contribution is -0.137. The van der Waals surface area contributed by atoms with Gasteiger partial charge in [-0.15, -0.1) is 0 Å². The fourth-order valence-electron chi connectivity index (χ4n) is 4.16. The molecule has 0 fully saturated rings. The SMILES string of the molecule is C[C@H](NC(=O)c1ccc2c(c1)c1cn(C)nc1n2-c1ccc(C(F)(F)F)cc1)c1cccc(N)n1. The van der Waals surface area contributed by atoms with Gasteiger partial charge in [0.25, 0.3) is 5.91 Å². The quantitative estimate of drug-likeness (QED) is 0.380. The molecule has 7 nitrogen and oxygen atoms in total. The largest absolute Gasteiger partial charge is 0.416 e. The number of hydrogen-bond donors (Lipinski definition) is 2. The Bertz CT molecular complexity index is 1570. The Morgan fingerprint density at radius 1 is 1.06 bits per heavy atom. The topological polar surface area (TPSA) is 90.8 Å². The molecule has 0 unspecified atom stereocenters. The highest BCUT2D eigenvalue weighted by Gasteiger charge is 2.30. The summed E-state index contributed by atoms with van der Waals surface area (Å²) in [5.74, 6) is 0.0801. The van der Waals surface area contributed by atoms with E-state index in [4.69, 9.17) is 5.73 Å². The minimum absolute atomic E-state index is 0.289. The summed E-state index contributed by atoms with van der Waals surface area (Å²) < 4.78 is 42.5. The van der Waals surface area contributed by atoms with E-state index in [1.54, 1.807) is 52.7 Å². The maximum atomic E-state index is 13.0. The van der Waals surface area contributed by atoms with Gasteiger partial charge in [-0.1, -0.05) is 6.07 Å². The molecule has 5 rings (SSSR count). The van der Waals surface area contributed by atoms with Gasteiger partial charge in [0, 0.05) is 35.3 Å². The van der Waals surface area contributed by atoms with E-state index < -0.39 is 11.7 Å². The van der Waals surface area contributed by atoms with Crippen LogP contribution in [0.25, 0.3) is 27.6 Å². The second-order valence-electron chi connectivity index (χ2n) is 8.33. The van der Waals surface area contributed by atoms with Gasteiger partial charge in [-0.25, -0.2) is 4.98 Å². The number of nitrogens with zero attached hydrogens (tertiary/aromatic N) is 4. The third kappa shape index (κ3) is 4.07. The van der Waals surface area contributed by atoms with Crippen LogP contribution >= 0.6 is 0 Å². The van der Waals surface area contributed by atoms with Gasteiger partial charge in [0.05, 0.1) is 22.8 Å². The van der Waals surface area contributed by atoms with Crippen molar-refractivity contribution in [2.45, 2.75) is 19.1 Å². The predicted octanol–water partition coefficient (Wildman–Crippen LogP) is 5.00. The van der Waals surface area contributed by atoms with E-state index in [0.29, 0.717) is 28.4 Å². The average molecular weight is 478 g/mol. The van der Waals surface area contributed by atoms with Crippen molar-refractivity contribution >= 4 is 33.7 Å². The third-order valence-electron chi connectivity index (χ3n) is 5.85. The fraction of sp³-hybridized carbons (Fsp3) is 0.160. The Balaban J connectivity index is 1.54. The van der Waals surface area contributed by atoms with Crippen LogP contribution in [0.15, 0.2) is 66.9 Å². The summed E-state index contributed by atoms with van der Waals surface area (Å²) in [4.78, 5) is 17.3. The van der Waals surface area contributed by atoms with Gasteiger partial charge in [0.1, 0.15) is 5.82 Å². The molecular weight excluding hydrogens is 457 g/mol. The van der Waals surface area contributed by atoms with Crippen LogP contribution < -0.4 is 11.1 Å². The van der Waals surface area contributed by atoms with Crippen molar-refractivity contribution in [1.29, 1.82) is 0 Å². The van der Waals surface area contributed by atoms with E-state index >= 15 is 0 Å². The van der Waals surface area contributed by atoms with Gasteiger partial charge in [-0.3, -0.25) is 14.0 Å². The number of aryl methyl sites for hydroxylation is 1. The van der Waals surface area contributed by atoms with Crippen LogP contribution in [-0.2, 0) is 13.2 Å². The van der Waals surface area contributed by atoms with Gasteiger partial charge < -0.3 is 11.1 Å². The molecule has 3 heterocycles. The number of nitrogens with two attached hydrogens (primary N) is 1. The summed E-state index contributed by atoms with van der Waals surface area (Å²) in [6.07, 6.45) is -2.60. The van der Waals surface area contributed by atoms with Crippen molar-refractivity contribution in [3.8, 4) is 5.69 Å². The number of carbonyl (C=O) groups excluding carboxylic acids is 1. The fourth-order valence-corrected chi connectivity index (χ4v) is 4.16. The minimum Gasteiger partial charge on any atom is -0.384 e. The lowest BCUT2D eigenvalue weighted by Gasteiger charge is -2.14. The number of rotatable bonds is 4. The monoisotopic (exact) mass is 478 g/mol. The number of alkyl halides is 3. The number of halogens is 3. The van der Waals surface area contributed by atoms with Gasteiger partial charge in [-0.05, 0) is 61.5 Å². The highest BCUT2D eigenvalue weighted by Crippen LogP contribution is 2.34. The van der Waals surface area contributed by atoms with Crippen molar-refractivity contribution in [2.75, 3.05) is 5.73 Å². The van der Waals surface area contributed by atoms with Crippen LogP contribution in [-0.4, -0.2) is 25.2 Å². The van der Waals surface area contributed by atoms with Crippen LogP contribution in [0.1, 0.15) is 34.6 Å². The van der Waals surface area contributed by atoms with Crippen LogP contribution in [0.4, 0.5) is 19.0 Å². The normalized spacial score (nSPS) is 12.8. The number of aromatic nitrogens is 4. The molecule has 3 aromatic heterocycles. The Labute approximate surface area is 198 Å². The Morgan fingerprint density at radius 2 is 1.80 bits per heavy atom. The molecule has 3 N–H and O–H groups in total. The van der Waals surface area contributed by atoms with Crippen LogP contribution in [0.5, 0.6) is 0 Å². The molecule has 1 atom stereocenters. The molecule has 10 heteroatoms. The predicted molar refractivity (Wildman–Crippen MR) is 127 cm³/mol. The zero-order chi connectivity index (χ0) is 24.9. The number of carbonyl (C=O) groups is 1. The highest BCUT2D eigenvalue weighted by molar-refractivity contribution is 6.10. The van der Waals surface area contributed by atoms with Gasteiger partial charge in [0.2, 0.25) is 0 Å². The number of anilines is 1. The number of amides is 1. The van der Waals surface area contributed by atoms with Crippen molar-refractivity contribution < 1.29 is 18.0 Å². The molecule has 0 bridgehead atoms. The molecule has 0 saturated heterocycles. The number of benzene rings is 2.